The lowest BCUT2D eigenvalue weighted by Crippen LogP contribution is -2.49. The number of aliphatic hydroxyl groups is 1. The van der Waals surface area contributed by atoms with Gasteiger partial charge in [0.25, 0.3) is 0 Å². The molecule has 1 spiro atoms. The first kappa shape index (κ1) is 23.9. The third kappa shape index (κ3) is 3.94. The lowest BCUT2D eigenvalue weighted by atomic mass is 9.77. The van der Waals surface area contributed by atoms with Crippen LogP contribution in [0, 0.1) is 5.92 Å². The Bertz CT molecular complexity index is 1070. The van der Waals surface area contributed by atoms with Crippen LogP contribution in [-0.2, 0) is 25.5 Å². The highest BCUT2D eigenvalue weighted by Crippen LogP contribution is 2.55. The van der Waals surface area contributed by atoms with Crippen LogP contribution in [0.15, 0.2) is 24.0 Å². The molecule has 3 aliphatic heterocycles. The van der Waals surface area contributed by atoms with Gasteiger partial charge in [-0.3, -0.25) is 9.69 Å². The maximum atomic E-state index is 13.4. The molecule has 0 aromatic heterocycles. The predicted octanol–water partition coefficient (Wildman–Crippen LogP) is 2.60. The van der Waals surface area contributed by atoms with E-state index in [9.17, 15) is 19.8 Å². The topological polar surface area (TPSA) is 115 Å². The lowest BCUT2D eigenvalue weighted by Gasteiger charge is -2.39. The van der Waals surface area contributed by atoms with Crippen LogP contribution in [-0.4, -0.2) is 71.3 Å². The first-order valence-electron chi connectivity index (χ1n) is 12.3. The summed E-state index contributed by atoms with van der Waals surface area (Å²) in [7, 11) is 1.55. The monoisotopic (exact) mass is 487 g/mol. The van der Waals surface area contributed by atoms with Crippen LogP contribution >= 0.6 is 0 Å². The van der Waals surface area contributed by atoms with Crippen LogP contribution in [0.3, 0.4) is 0 Å². The molecular weight excluding hydrogens is 454 g/mol. The molecule has 3 heterocycles. The summed E-state index contributed by atoms with van der Waals surface area (Å²) < 4.78 is 23.1. The van der Waals surface area contributed by atoms with E-state index in [-0.39, 0.29) is 25.0 Å². The van der Waals surface area contributed by atoms with E-state index in [2.05, 4.69) is 11.0 Å². The van der Waals surface area contributed by atoms with Crippen LogP contribution in [0.1, 0.15) is 56.6 Å². The van der Waals surface area contributed by atoms with Gasteiger partial charge in [-0.25, -0.2) is 4.79 Å². The second kappa shape index (κ2) is 8.71. The standard InChI is InChI=1S/C26H33NO8/c1-15(2)11-26(31,13-21(28)29)24(30)35-23-20(32-3)12-25-6-4-7-27(25)8-5-16-9-18-19(34-14-33-18)10-17(16)22(23)25/h9-10,12,15,22-23,31H,4-8,11,13-14H2,1-3H3,(H,28,29)/t22-,23+,25+,26-/m1/s1. The van der Waals surface area contributed by atoms with Crippen molar-refractivity contribution in [3.63, 3.8) is 0 Å². The quantitative estimate of drug-likeness (QED) is 0.560. The van der Waals surface area contributed by atoms with E-state index in [0.717, 1.165) is 43.5 Å². The third-order valence-corrected chi connectivity index (χ3v) is 7.77. The minimum Gasteiger partial charge on any atom is -0.497 e. The number of ether oxygens (including phenoxy) is 4. The smallest absolute Gasteiger partial charge is 0.339 e. The van der Waals surface area contributed by atoms with Crippen molar-refractivity contribution in [1.82, 2.24) is 4.90 Å². The molecule has 2 N–H and O–H groups in total. The summed E-state index contributed by atoms with van der Waals surface area (Å²) in [5.74, 6) is -0.711. The number of nitrogens with zero attached hydrogens (tertiary/aromatic N) is 1. The first-order chi connectivity index (χ1) is 16.7. The zero-order valence-corrected chi connectivity index (χ0v) is 20.4. The minimum atomic E-state index is -2.13. The number of carboxylic acid groups (broad SMARTS) is 1. The molecule has 1 fully saturated rings. The summed E-state index contributed by atoms with van der Waals surface area (Å²) in [6.45, 7) is 5.57. The van der Waals surface area contributed by atoms with Gasteiger partial charge in [-0.2, -0.15) is 0 Å². The summed E-state index contributed by atoms with van der Waals surface area (Å²) in [4.78, 5) is 27.4. The SMILES string of the molecule is COC1=C[C@]23CCCN2CCc2cc4c(cc2[C@@H]3[C@H]1OC(=O)[C@](O)(CC(=O)O)CC(C)C)OCO4. The Hall–Kier alpha value is -2.78. The van der Waals surface area contributed by atoms with Gasteiger partial charge in [0.2, 0.25) is 6.79 Å². The minimum absolute atomic E-state index is 0.0198. The van der Waals surface area contributed by atoms with Crippen LogP contribution in [0.5, 0.6) is 11.5 Å². The molecule has 0 unspecified atom stereocenters. The molecular formula is C26H33NO8. The summed E-state index contributed by atoms with van der Waals surface area (Å²) in [5.41, 5.74) is -0.432. The third-order valence-electron chi connectivity index (χ3n) is 7.77. The molecule has 35 heavy (non-hydrogen) atoms. The van der Waals surface area contributed by atoms with Crippen molar-refractivity contribution in [2.24, 2.45) is 5.92 Å². The van der Waals surface area contributed by atoms with E-state index in [0.29, 0.717) is 17.3 Å². The normalized spacial score (nSPS) is 28.4. The van der Waals surface area contributed by atoms with Gasteiger partial charge < -0.3 is 29.2 Å². The van der Waals surface area contributed by atoms with E-state index >= 15 is 0 Å². The number of hydrogen-bond acceptors (Lipinski definition) is 8. The van der Waals surface area contributed by atoms with Crippen molar-refractivity contribution in [1.29, 1.82) is 0 Å². The van der Waals surface area contributed by atoms with Crippen LogP contribution in [0.2, 0.25) is 0 Å². The van der Waals surface area contributed by atoms with Crippen molar-refractivity contribution in [3.8, 4) is 11.5 Å². The van der Waals surface area contributed by atoms with E-state index in [4.69, 9.17) is 18.9 Å². The number of fused-ring (bicyclic) bond motifs is 3. The predicted molar refractivity (Wildman–Crippen MR) is 124 cm³/mol. The number of benzene rings is 1. The number of carbonyl (C=O) groups excluding carboxylic acids is 1. The molecule has 190 valence electrons. The highest BCUT2D eigenvalue weighted by atomic mass is 16.7. The molecule has 5 rings (SSSR count). The Morgan fingerprint density at radius 2 is 2.00 bits per heavy atom. The summed E-state index contributed by atoms with van der Waals surface area (Å²) >= 11 is 0. The summed E-state index contributed by atoms with van der Waals surface area (Å²) in [6.07, 6.45) is 3.21. The molecule has 1 saturated heterocycles. The number of aliphatic carboxylic acids is 1. The second-order valence-electron chi connectivity index (χ2n) is 10.5. The van der Waals surface area contributed by atoms with Gasteiger partial charge in [0.1, 0.15) is 5.76 Å². The van der Waals surface area contributed by atoms with Crippen molar-refractivity contribution >= 4 is 11.9 Å². The van der Waals surface area contributed by atoms with Gasteiger partial charge in [0.15, 0.2) is 23.2 Å². The molecule has 4 atom stereocenters. The second-order valence-corrected chi connectivity index (χ2v) is 10.5. The number of methoxy groups -OCH3 is 1. The Labute approximate surface area is 204 Å². The van der Waals surface area contributed by atoms with Crippen molar-refractivity contribution < 1.29 is 38.7 Å². The fraction of sp³-hybridized carbons (Fsp3) is 0.615. The number of carboxylic acids is 1. The largest absolute Gasteiger partial charge is 0.497 e. The Kier molecular flexibility index (Phi) is 5.96. The van der Waals surface area contributed by atoms with E-state index in [1.54, 1.807) is 7.11 Å². The zero-order valence-electron chi connectivity index (χ0n) is 20.4. The summed E-state index contributed by atoms with van der Waals surface area (Å²) in [6, 6.07) is 3.99. The van der Waals surface area contributed by atoms with Gasteiger partial charge in [0.05, 0.1) is 25.0 Å². The molecule has 0 bridgehead atoms. The number of rotatable bonds is 7. The first-order valence-corrected chi connectivity index (χ1v) is 12.3. The Morgan fingerprint density at radius 3 is 2.69 bits per heavy atom. The molecule has 4 aliphatic rings. The Morgan fingerprint density at radius 1 is 1.26 bits per heavy atom. The fourth-order valence-electron chi connectivity index (χ4n) is 6.47. The van der Waals surface area contributed by atoms with Crippen LogP contribution < -0.4 is 9.47 Å². The summed E-state index contributed by atoms with van der Waals surface area (Å²) in [5, 5.41) is 20.5. The lowest BCUT2D eigenvalue weighted by molar-refractivity contribution is -0.178. The van der Waals surface area contributed by atoms with Crippen molar-refractivity contribution in [2.45, 2.75) is 69.1 Å². The zero-order chi connectivity index (χ0) is 25.0. The van der Waals surface area contributed by atoms with E-state index < -0.39 is 35.6 Å². The molecule has 1 aliphatic carbocycles. The highest BCUT2D eigenvalue weighted by Gasteiger charge is 2.59. The van der Waals surface area contributed by atoms with Gasteiger partial charge in [-0.15, -0.1) is 0 Å². The number of esters is 1. The Balaban J connectivity index is 1.57. The van der Waals surface area contributed by atoms with E-state index in [1.807, 2.05) is 26.0 Å². The molecule has 0 amide bonds. The molecule has 0 saturated carbocycles. The highest BCUT2D eigenvalue weighted by molar-refractivity contribution is 5.85. The van der Waals surface area contributed by atoms with Crippen molar-refractivity contribution in [2.75, 3.05) is 27.0 Å². The van der Waals surface area contributed by atoms with Gasteiger partial charge in [0, 0.05) is 6.54 Å². The van der Waals surface area contributed by atoms with Crippen molar-refractivity contribution in [3.05, 3.63) is 35.1 Å². The average Bonchev–Trinajstić information content (AvgIpc) is 3.46. The fourth-order valence-corrected chi connectivity index (χ4v) is 6.47. The molecule has 1 aromatic rings. The number of hydrogen-bond donors (Lipinski definition) is 2. The maximum Gasteiger partial charge on any atom is 0.339 e. The van der Waals surface area contributed by atoms with Gasteiger partial charge in [-0.1, -0.05) is 13.8 Å². The van der Waals surface area contributed by atoms with Gasteiger partial charge in [-0.05, 0) is 67.5 Å². The molecule has 0 radical (unpaired) electrons. The molecule has 9 heteroatoms. The van der Waals surface area contributed by atoms with Gasteiger partial charge >= 0.3 is 11.9 Å². The maximum absolute atomic E-state index is 13.4. The molecule has 9 nitrogen and oxygen atoms in total. The van der Waals surface area contributed by atoms with Crippen LogP contribution in [0.4, 0.5) is 0 Å². The number of carbonyl (C=O) groups is 2. The van der Waals surface area contributed by atoms with E-state index in [1.165, 1.54) is 0 Å². The van der Waals surface area contributed by atoms with Crippen LogP contribution in [0.25, 0.3) is 0 Å². The average molecular weight is 488 g/mol. The molecule has 1 aromatic carbocycles.